The summed E-state index contributed by atoms with van der Waals surface area (Å²) in [5, 5.41) is 20.3. The van der Waals surface area contributed by atoms with Gasteiger partial charge in [-0.2, -0.15) is 0 Å². The molecule has 9 heteroatoms. The van der Waals surface area contributed by atoms with Gasteiger partial charge in [0.2, 0.25) is 5.43 Å². The Bertz CT molecular complexity index is 1200. The van der Waals surface area contributed by atoms with E-state index in [0.29, 0.717) is 5.02 Å². The Hall–Kier alpha value is -2.61. The molecule has 0 saturated carbocycles. The van der Waals surface area contributed by atoms with Gasteiger partial charge < -0.3 is 19.2 Å². The number of rotatable bonds is 5. The Morgan fingerprint density at radius 1 is 1.21 bits per heavy atom. The van der Waals surface area contributed by atoms with Gasteiger partial charge >= 0.3 is 0 Å². The third kappa shape index (κ3) is 4.22. The summed E-state index contributed by atoms with van der Waals surface area (Å²) in [5.41, 5.74) is -2.46. The molecule has 0 saturated heterocycles. The summed E-state index contributed by atoms with van der Waals surface area (Å²) < 4.78 is 2.58. The minimum Gasteiger partial charge on any atom is -0.503 e. The molecule has 3 rings (SSSR count). The molecule has 0 aliphatic carbocycles. The van der Waals surface area contributed by atoms with Gasteiger partial charge in [-0.3, -0.25) is 14.4 Å². The highest BCUT2D eigenvalue weighted by Crippen LogP contribution is 2.21. The predicted octanol–water partition coefficient (Wildman–Crippen LogP) is 2.49. The molecule has 0 spiro atoms. The molecule has 0 amide bonds. The fraction of sp³-hybridized carbons (Fsp3) is 0.250. The molecular weight excluding hydrogens is 419 g/mol. The molecule has 2 aromatic heterocycles. The van der Waals surface area contributed by atoms with E-state index in [1.54, 1.807) is 24.3 Å². The first-order valence-electron chi connectivity index (χ1n) is 8.53. The summed E-state index contributed by atoms with van der Waals surface area (Å²) in [6.45, 7) is 2.71. The number of aromatic nitrogens is 2. The van der Waals surface area contributed by atoms with Crippen molar-refractivity contribution in [2.75, 3.05) is 6.61 Å². The van der Waals surface area contributed by atoms with E-state index in [9.17, 15) is 24.6 Å². The van der Waals surface area contributed by atoms with Crippen LogP contribution in [-0.2, 0) is 6.54 Å². The van der Waals surface area contributed by atoms with Crippen LogP contribution < -0.4 is 11.0 Å². The van der Waals surface area contributed by atoms with Crippen LogP contribution in [-0.4, -0.2) is 31.6 Å². The second-order valence-electron chi connectivity index (χ2n) is 7.21. The maximum Gasteiger partial charge on any atom is 0.279 e. The van der Waals surface area contributed by atoms with Gasteiger partial charge in [0.25, 0.3) is 5.56 Å². The van der Waals surface area contributed by atoms with E-state index in [1.165, 1.54) is 41.4 Å². The SMILES string of the molecule is CC(C)(CO)C(=O)c1cn2ccn(Cc3cccc(Cl)c3)c(=O)c2c(O)c1=O.Cl. The monoisotopic (exact) mass is 438 g/mol. The van der Waals surface area contributed by atoms with Gasteiger partial charge in [-0.15, -0.1) is 12.4 Å². The highest BCUT2D eigenvalue weighted by molar-refractivity contribution is 6.30. The summed E-state index contributed by atoms with van der Waals surface area (Å²) in [5.74, 6) is -1.42. The molecule has 7 nitrogen and oxygen atoms in total. The van der Waals surface area contributed by atoms with Crippen LogP contribution in [0.4, 0.5) is 0 Å². The van der Waals surface area contributed by atoms with E-state index < -0.39 is 34.5 Å². The van der Waals surface area contributed by atoms with E-state index in [4.69, 9.17) is 11.6 Å². The fourth-order valence-corrected chi connectivity index (χ4v) is 3.07. The quantitative estimate of drug-likeness (QED) is 0.595. The van der Waals surface area contributed by atoms with Crippen LogP contribution in [0.3, 0.4) is 0 Å². The average molecular weight is 439 g/mol. The molecular formula is C20H20Cl2N2O5. The molecule has 154 valence electrons. The lowest BCUT2D eigenvalue weighted by atomic mass is 9.85. The Labute approximate surface area is 177 Å². The average Bonchev–Trinajstić information content (AvgIpc) is 2.66. The normalized spacial score (nSPS) is 11.3. The van der Waals surface area contributed by atoms with E-state index in [1.807, 2.05) is 0 Å². The van der Waals surface area contributed by atoms with Crippen LogP contribution in [0.15, 0.2) is 52.4 Å². The number of Topliss-reactive ketones (excluding diaryl/α,β-unsaturated/α-hetero) is 1. The Balaban J connectivity index is 0.00000300. The van der Waals surface area contributed by atoms with Gasteiger partial charge in [-0.25, -0.2) is 0 Å². The first-order chi connectivity index (χ1) is 13.2. The van der Waals surface area contributed by atoms with Crippen LogP contribution in [0.5, 0.6) is 5.75 Å². The minimum atomic E-state index is -1.19. The van der Waals surface area contributed by atoms with Gasteiger partial charge in [0.1, 0.15) is 0 Å². The topological polar surface area (TPSA) is 101 Å². The van der Waals surface area contributed by atoms with Crippen LogP contribution in [0.1, 0.15) is 29.8 Å². The smallest absolute Gasteiger partial charge is 0.279 e. The molecule has 0 atom stereocenters. The zero-order valence-corrected chi connectivity index (χ0v) is 17.3. The molecule has 2 N–H and O–H groups in total. The van der Waals surface area contributed by atoms with Gasteiger partial charge in [0, 0.05) is 23.6 Å². The van der Waals surface area contributed by atoms with Crippen LogP contribution in [0, 0.1) is 5.41 Å². The Morgan fingerprint density at radius 2 is 1.90 bits per heavy atom. The minimum absolute atomic E-state index is 0. The molecule has 0 aliphatic rings. The van der Waals surface area contributed by atoms with Crippen LogP contribution in [0.25, 0.3) is 5.52 Å². The first kappa shape index (κ1) is 22.7. The number of carbonyl (C=O) groups excluding carboxylic acids is 1. The lowest BCUT2D eigenvalue weighted by Crippen LogP contribution is -2.33. The van der Waals surface area contributed by atoms with E-state index in [2.05, 4.69) is 0 Å². The molecule has 0 bridgehead atoms. The second kappa shape index (κ2) is 8.41. The number of carbonyl (C=O) groups is 1. The summed E-state index contributed by atoms with van der Waals surface area (Å²) in [4.78, 5) is 37.9. The number of fused-ring (bicyclic) bond motifs is 1. The maximum atomic E-state index is 12.8. The van der Waals surface area contributed by atoms with Crippen molar-refractivity contribution in [3.05, 3.63) is 79.6 Å². The fourth-order valence-electron chi connectivity index (χ4n) is 2.86. The number of hydrogen-bond acceptors (Lipinski definition) is 5. The van der Waals surface area contributed by atoms with Crippen molar-refractivity contribution in [3.63, 3.8) is 0 Å². The number of aliphatic hydroxyl groups excluding tert-OH is 1. The highest BCUT2D eigenvalue weighted by Gasteiger charge is 2.31. The van der Waals surface area contributed by atoms with E-state index >= 15 is 0 Å². The number of aromatic hydroxyl groups is 1. The van der Waals surface area contributed by atoms with Crippen molar-refractivity contribution < 1.29 is 15.0 Å². The Kier molecular flexibility index (Phi) is 6.57. The van der Waals surface area contributed by atoms with E-state index in [-0.39, 0.29) is 30.0 Å². The number of hydrogen-bond donors (Lipinski definition) is 2. The molecule has 29 heavy (non-hydrogen) atoms. The summed E-state index contributed by atoms with van der Waals surface area (Å²) >= 11 is 5.97. The number of benzene rings is 1. The van der Waals surface area contributed by atoms with Gasteiger partial charge in [-0.1, -0.05) is 37.6 Å². The van der Waals surface area contributed by atoms with Crippen molar-refractivity contribution >= 4 is 35.3 Å². The number of halogens is 2. The van der Waals surface area contributed by atoms with Crippen molar-refractivity contribution in [1.82, 2.24) is 8.97 Å². The lowest BCUT2D eigenvalue weighted by Gasteiger charge is -2.20. The predicted molar refractivity (Wildman–Crippen MR) is 113 cm³/mol. The first-order valence-corrected chi connectivity index (χ1v) is 8.91. The summed E-state index contributed by atoms with van der Waals surface area (Å²) in [6.07, 6.45) is 4.18. The van der Waals surface area contributed by atoms with Crippen molar-refractivity contribution in [3.8, 4) is 5.75 Å². The van der Waals surface area contributed by atoms with Crippen molar-refractivity contribution in [1.29, 1.82) is 0 Å². The number of pyridine rings is 1. The largest absolute Gasteiger partial charge is 0.503 e. The zero-order valence-electron chi connectivity index (χ0n) is 15.8. The molecule has 2 heterocycles. The highest BCUT2D eigenvalue weighted by atomic mass is 35.5. The van der Waals surface area contributed by atoms with Gasteiger partial charge in [0.15, 0.2) is 17.0 Å². The third-order valence-corrected chi connectivity index (χ3v) is 4.81. The van der Waals surface area contributed by atoms with E-state index in [0.717, 1.165) is 5.56 Å². The second-order valence-corrected chi connectivity index (χ2v) is 7.65. The standard InChI is InChI=1S/C20H19ClN2O5.ClH/c1-20(2,11-24)18(27)14-10-22-6-7-23(9-12-4-3-5-13(21)8-12)19(28)15(22)17(26)16(14)25;/h3-8,10,24,26H,9,11H2,1-2H3;1H. The molecule has 0 aliphatic heterocycles. The molecule has 1 aromatic carbocycles. The summed E-state index contributed by atoms with van der Waals surface area (Å²) in [6, 6.07) is 6.98. The third-order valence-electron chi connectivity index (χ3n) is 4.58. The summed E-state index contributed by atoms with van der Waals surface area (Å²) in [7, 11) is 0. The van der Waals surface area contributed by atoms with Crippen molar-refractivity contribution in [2.45, 2.75) is 20.4 Å². The molecule has 0 fully saturated rings. The van der Waals surface area contributed by atoms with Crippen LogP contribution >= 0.6 is 24.0 Å². The maximum absolute atomic E-state index is 12.8. The van der Waals surface area contributed by atoms with Gasteiger partial charge in [0.05, 0.1) is 24.1 Å². The number of nitrogens with zero attached hydrogens (tertiary/aromatic N) is 2. The van der Waals surface area contributed by atoms with Crippen LogP contribution in [0.2, 0.25) is 5.02 Å². The van der Waals surface area contributed by atoms with Crippen molar-refractivity contribution in [2.24, 2.45) is 5.41 Å². The molecule has 0 radical (unpaired) electrons. The number of ketones is 1. The lowest BCUT2D eigenvalue weighted by molar-refractivity contribution is 0.0723. The molecule has 3 aromatic rings. The van der Waals surface area contributed by atoms with Gasteiger partial charge in [-0.05, 0) is 17.7 Å². The number of aliphatic hydroxyl groups is 1. The molecule has 0 unspecified atom stereocenters. The Morgan fingerprint density at radius 3 is 2.52 bits per heavy atom. The zero-order chi connectivity index (χ0) is 20.6.